The summed E-state index contributed by atoms with van der Waals surface area (Å²) in [6.07, 6.45) is 1.00. The highest BCUT2D eigenvalue weighted by Crippen LogP contribution is 2.38. The Morgan fingerprint density at radius 2 is 1.57 bits per heavy atom. The van der Waals surface area contributed by atoms with Crippen molar-refractivity contribution in [3.05, 3.63) is 54.1 Å². The smallest absolute Gasteiger partial charge is 0.132 e. The first-order valence-corrected chi connectivity index (χ1v) is 9.05. The zero-order valence-electron chi connectivity index (χ0n) is 14.6. The van der Waals surface area contributed by atoms with Crippen molar-refractivity contribution in [1.82, 2.24) is 0 Å². The normalized spacial score (nSPS) is 13.8. The molecule has 23 heavy (non-hydrogen) atoms. The highest BCUT2D eigenvalue weighted by Gasteiger charge is 2.28. The molecule has 0 aromatic heterocycles. The van der Waals surface area contributed by atoms with Crippen LogP contribution >= 0.6 is 0 Å². The van der Waals surface area contributed by atoms with Crippen LogP contribution < -0.4 is 0 Å². The molecule has 0 saturated carbocycles. The number of hydrogen-bond acceptors (Lipinski definition) is 2. The van der Waals surface area contributed by atoms with Crippen LogP contribution in [-0.2, 0) is 16.2 Å². The van der Waals surface area contributed by atoms with E-state index in [1.54, 1.807) is 6.07 Å². The molecular weight excluding hydrogens is 304 g/mol. The average molecular weight is 330 g/mol. The van der Waals surface area contributed by atoms with E-state index in [9.17, 15) is 9.32 Å². The summed E-state index contributed by atoms with van der Waals surface area (Å²) in [7, 11) is -1.38. The molecule has 0 aliphatic heterocycles. The zero-order chi connectivity index (χ0) is 17.3. The van der Waals surface area contributed by atoms with Crippen molar-refractivity contribution in [2.24, 2.45) is 5.41 Å². The third-order valence-corrected chi connectivity index (χ3v) is 5.30. The minimum absolute atomic E-state index is 0.0540. The lowest BCUT2D eigenvalue weighted by molar-refractivity contribution is 0.283. The first-order valence-electron chi connectivity index (χ1n) is 7.90. The van der Waals surface area contributed by atoms with Crippen molar-refractivity contribution in [2.75, 3.05) is 0 Å². The second-order valence-corrected chi connectivity index (χ2v) is 9.33. The molecule has 0 spiro atoms. The fraction of sp³-hybridized carbons (Fsp3) is 0.400. The van der Waals surface area contributed by atoms with E-state index in [0.717, 1.165) is 12.0 Å². The van der Waals surface area contributed by atoms with Crippen LogP contribution in [0.5, 0.6) is 5.75 Å². The second-order valence-electron chi connectivity index (χ2n) is 7.89. The van der Waals surface area contributed by atoms with Gasteiger partial charge in [0.05, 0.1) is 15.7 Å². The van der Waals surface area contributed by atoms with Crippen molar-refractivity contribution in [1.29, 1.82) is 0 Å². The molecule has 0 heterocycles. The fourth-order valence-electron chi connectivity index (χ4n) is 3.18. The summed E-state index contributed by atoms with van der Waals surface area (Å²) in [6.45, 7) is 11.0. The predicted molar refractivity (Wildman–Crippen MR) is 96.3 cm³/mol. The summed E-state index contributed by atoms with van der Waals surface area (Å²) in [6, 6.07) is 14.7. The van der Waals surface area contributed by atoms with Gasteiger partial charge in [0.2, 0.25) is 0 Å². The number of benzene rings is 2. The van der Waals surface area contributed by atoms with Gasteiger partial charge in [-0.3, -0.25) is 0 Å². The number of hydrogen-bond donors (Lipinski definition) is 1. The molecule has 2 nitrogen and oxygen atoms in total. The van der Waals surface area contributed by atoms with Gasteiger partial charge in [0.25, 0.3) is 0 Å². The molecule has 124 valence electrons. The first-order chi connectivity index (χ1) is 10.6. The van der Waals surface area contributed by atoms with Crippen molar-refractivity contribution in [3.63, 3.8) is 0 Å². The Hall–Kier alpha value is -1.61. The van der Waals surface area contributed by atoms with Gasteiger partial charge in [-0.05, 0) is 47.1 Å². The van der Waals surface area contributed by atoms with Crippen LogP contribution in [0.2, 0.25) is 0 Å². The molecule has 3 heteroatoms. The number of aromatic hydroxyl groups is 1. The van der Waals surface area contributed by atoms with Gasteiger partial charge in [-0.1, -0.05) is 58.9 Å². The standard InChI is InChI=1S/C20H26O2S/c1-19(2,3)14-20(4,5)15-11-12-17(21)18(13-15)23(22)16-9-7-6-8-10-16/h6-13,21H,14H2,1-5H3. The van der Waals surface area contributed by atoms with E-state index in [0.29, 0.717) is 9.79 Å². The van der Waals surface area contributed by atoms with E-state index in [2.05, 4.69) is 34.6 Å². The van der Waals surface area contributed by atoms with Crippen LogP contribution in [0.25, 0.3) is 0 Å². The summed E-state index contributed by atoms with van der Waals surface area (Å²) >= 11 is 0. The van der Waals surface area contributed by atoms with E-state index in [4.69, 9.17) is 0 Å². The summed E-state index contributed by atoms with van der Waals surface area (Å²) in [5.41, 5.74) is 1.24. The Balaban J connectivity index is 2.42. The van der Waals surface area contributed by atoms with Gasteiger partial charge >= 0.3 is 0 Å². The van der Waals surface area contributed by atoms with Crippen molar-refractivity contribution in [2.45, 2.75) is 56.2 Å². The Bertz CT molecular complexity index is 697. The third kappa shape index (κ3) is 4.44. The first kappa shape index (κ1) is 17.7. The number of phenols is 1. The predicted octanol–water partition coefficient (Wildman–Crippen LogP) is 5.27. The van der Waals surface area contributed by atoms with E-state index in [-0.39, 0.29) is 16.6 Å². The highest BCUT2D eigenvalue weighted by molar-refractivity contribution is 7.85. The van der Waals surface area contributed by atoms with Crippen LogP contribution in [-0.4, -0.2) is 9.32 Å². The van der Waals surface area contributed by atoms with E-state index >= 15 is 0 Å². The molecule has 0 bridgehead atoms. The Labute approximate surface area is 142 Å². The third-order valence-electron chi connectivity index (χ3n) is 3.87. The quantitative estimate of drug-likeness (QED) is 0.829. The molecule has 0 saturated heterocycles. The average Bonchev–Trinajstić information content (AvgIpc) is 2.45. The molecule has 2 aromatic carbocycles. The van der Waals surface area contributed by atoms with Crippen LogP contribution in [0.4, 0.5) is 0 Å². The lowest BCUT2D eigenvalue weighted by atomic mass is 9.72. The van der Waals surface area contributed by atoms with Crippen LogP contribution in [0, 0.1) is 5.41 Å². The largest absolute Gasteiger partial charge is 0.507 e. The van der Waals surface area contributed by atoms with Gasteiger partial charge in [-0.25, -0.2) is 4.21 Å². The van der Waals surface area contributed by atoms with Gasteiger partial charge in [0, 0.05) is 4.90 Å². The Kier molecular flexibility index (Phi) is 5.00. The Morgan fingerprint density at radius 3 is 2.13 bits per heavy atom. The van der Waals surface area contributed by atoms with Crippen LogP contribution in [0.3, 0.4) is 0 Å². The maximum atomic E-state index is 12.8. The lowest BCUT2D eigenvalue weighted by Crippen LogP contribution is -2.25. The highest BCUT2D eigenvalue weighted by atomic mass is 32.2. The molecule has 0 fully saturated rings. The van der Waals surface area contributed by atoms with Gasteiger partial charge in [-0.2, -0.15) is 0 Å². The molecule has 0 aliphatic carbocycles. The minimum Gasteiger partial charge on any atom is -0.507 e. The Morgan fingerprint density at radius 1 is 0.957 bits per heavy atom. The minimum atomic E-state index is -1.38. The molecule has 2 aromatic rings. The summed E-state index contributed by atoms with van der Waals surface area (Å²) in [5, 5.41) is 10.2. The molecule has 1 atom stereocenters. The number of phenolic OH excluding ortho intramolecular Hbond substituents is 1. The maximum absolute atomic E-state index is 12.8. The molecule has 0 amide bonds. The van der Waals surface area contributed by atoms with Crippen molar-refractivity contribution >= 4 is 10.8 Å². The monoisotopic (exact) mass is 330 g/mol. The van der Waals surface area contributed by atoms with Gasteiger partial charge in [-0.15, -0.1) is 0 Å². The van der Waals surface area contributed by atoms with Gasteiger partial charge in [0.15, 0.2) is 0 Å². The molecule has 0 aliphatic rings. The van der Waals surface area contributed by atoms with E-state index in [1.807, 2.05) is 42.5 Å². The van der Waals surface area contributed by atoms with Crippen LogP contribution in [0.1, 0.15) is 46.6 Å². The molecule has 2 rings (SSSR count). The lowest BCUT2D eigenvalue weighted by Gasteiger charge is -2.33. The van der Waals surface area contributed by atoms with Gasteiger partial charge in [0.1, 0.15) is 5.75 Å². The fourth-order valence-corrected chi connectivity index (χ4v) is 4.33. The van der Waals surface area contributed by atoms with E-state index in [1.165, 1.54) is 0 Å². The second kappa shape index (κ2) is 6.48. The SMILES string of the molecule is CC(C)(C)CC(C)(C)c1ccc(O)c(S(=O)c2ccccc2)c1. The van der Waals surface area contributed by atoms with Crippen molar-refractivity contribution < 1.29 is 9.32 Å². The topological polar surface area (TPSA) is 37.3 Å². The summed E-state index contributed by atoms with van der Waals surface area (Å²) in [5.74, 6) is 0.0856. The molecule has 1 N–H and O–H groups in total. The van der Waals surface area contributed by atoms with Crippen LogP contribution in [0.15, 0.2) is 58.3 Å². The summed E-state index contributed by atoms with van der Waals surface area (Å²) < 4.78 is 12.8. The molecule has 0 radical (unpaired) electrons. The van der Waals surface area contributed by atoms with E-state index < -0.39 is 10.8 Å². The molecular formula is C20H26O2S. The zero-order valence-corrected chi connectivity index (χ0v) is 15.4. The number of rotatable bonds is 4. The molecule has 1 unspecified atom stereocenters. The van der Waals surface area contributed by atoms with Crippen molar-refractivity contribution in [3.8, 4) is 5.75 Å². The maximum Gasteiger partial charge on any atom is 0.132 e. The van der Waals surface area contributed by atoms with Gasteiger partial charge < -0.3 is 5.11 Å². The summed E-state index contributed by atoms with van der Waals surface area (Å²) in [4.78, 5) is 1.18.